The summed E-state index contributed by atoms with van der Waals surface area (Å²) in [6.07, 6.45) is 1.39. The number of benzene rings is 1. The first-order chi connectivity index (χ1) is 11.6. The lowest BCUT2D eigenvalue weighted by molar-refractivity contribution is 0.273. The Morgan fingerprint density at radius 3 is 2.38 bits per heavy atom. The number of pyridine rings is 1. The van der Waals surface area contributed by atoms with Gasteiger partial charge in [0.2, 0.25) is 5.75 Å². The molecule has 6 heteroatoms. The van der Waals surface area contributed by atoms with Crippen molar-refractivity contribution in [2.75, 3.05) is 27.5 Å². The highest BCUT2D eigenvalue weighted by Crippen LogP contribution is 2.38. The minimum absolute atomic E-state index is 0.0503. The van der Waals surface area contributed by atoms with E-state index >= 15 is 0 Å². The van der Waals surface area contributed by atoms with Crippen molar-refractivity contribution >= 4 is 0 Å². The van der Waals surface area contributed by atoms with Gasteiger partial charge in [0.1, 0.15) is 19.0 Å². The Morgan fingerprint density at radius 2 is 1.79 bits per heavy atom. The van der Waals surface area contributed by atoms with E-state index in [0.29, 0.717) is 17.7 Å². The molecule has 24 heavy (non-hydrogen) atoms. The van der Waals surface area contributed by atoms with Gasteiger partial charge in [0.25, 0.3) is 5.88 Å². The van der Waals surface area contributed by atoms with Crippen molar-refractivity contribution in [2.45, 2.75) is 19.8 Å². The summed E-state index contributed by atoms with van der Waals surface area (Å²) in [7, 11) is 2.95. The summed E-state index contributed by atoms with van der Waals surface area (Å²) < 4.78 is 27.6. The first-order valence-electron chi connectivity index (χ1n) is 7.68. The van der Waals surface area contributed by atoms with Gasteiger partial charge in [-0.1, -0.05) is 12.1 Å². The average Bonchev–Trinajstić information content (AvgIpc) is 2.61. The third-order valence-electron chi connectivity index (χ3n) is 3.75. The van der Waals surface area contributed by atoms with Gasteiger partial charge in [-0.2, -0.15) is 0 Å². The maximum atomic E-state index is 12.1. The normalized spacial score (nSPS) is 10.5. The van der Waals surface area contributed by atoms with Gasteiger partial charge < -0.3 is 19.3 Å². The Bertz CT molecular complexity index is 674. The second kappa shape index (κ2) is 8.38. The number of rotatable bonds is 8. The highest BCUT2D eigenvalue weighted by Gasteiger charge is 2.18. The van der Waals surface area contributed by atoms with E-state index in [9.17, 15) is 9.50 Å². The fraction of sp³-hybridized carbons (Fsp3) is 0.389. The van der Waals surface area contributed by atoms with Crippen molar-refractivity contribution in [1.29, 1.82) is 0 Å². The third-order valence-corrected chi connectivity index (χ3v) is 3.75. The van der Waals surface area contributed by atoms with E-state index in [-0.39, 0.29) is 24.0 Å². The molecule has 0 amide bonds. The molecule has 1 heterocycles. The molecule has 130 valence electrons. The predicted molar refractivity (Wildman–Crippen MR) is 89.1 cm³/mol. The number of aromatic nitrogens is 1. The van der Waals surface area contributed by atoms with Crippen LogP contribution in [0.3, 0.4) is 0 Å². The summed E-state index contributed by atoms with van der Waals surface area (Å²) in [6, 6.07) is 7.50. The van der Waals surface area contributed by atoms with E-state index in [1.54, 1.807) is 6.92 Å². The zero-order valence-electron chi connectivity index (χ0n) is 14.1. The van der Waals surface area contributed by atoms with Gasteiger partial charge in [-0.05, 0) is 37.5 Å². The van der Waals surface area contributed by atoms with Crippen molar-refractivity contribution < 1.29 is 23.7 Å². The zero-order chi connectivity index (χ0) is 17.5. The second-order valence-electron chi connectivity index (χ2n) is 5.26. The molecule has 5 nitrogen and oxygen atoms in total. The first-order valence-corrected chi connectivity index (χ1v) is 7.68. The molecule has 0 saturated heterocycles. The van der Waals surface area contributed by atoms with Crippen LogP contribution in [0.5, 0.6) is 23.1 Å². The molecule has 0 fully saturated rings. The Kier molecular flexibility index (Phi) is 6.23. The number of halogens is 1. The van der Waals surface area contributed by atoms with Gasteiger partial charge in [0, 0.05) is 5.56 Å². The molecule has 0 unspecified atom stereocenters. The van der Waals surface area contributed by atoms with Gasteiger partial charge in [-0.15, -0.1) is 0 Å². The van der Waals surface area contributed by atoms with Gasteiger partial charge >= 0.3 is 0 Å². The molecule has 1 aromatic heterocycles. The summed E-state index contributed by atoms with van der Waals surface area (Å²) in [4.78, 5) is 4.42. The lowest BCUT2D eigenvalue weighted by Gasteiger charge is -2.14. The third kappa shape index (κ3) is 4.07. The zero-order valence-corrected chi connectivity index (χ0v) is 14.1. The van der Waals surface area contributed by atoms with Crippen molar-refractivity contribution in [3.63, 3.8) is 0 Å². The quantitative estimate of drug-likeness (QED) is 0.802. The van der Waals surface area contributed by atoms with Gasteiger partial charge in [-0.25, -0.2) is 9.37 Å². The highest BCUT2D eigenvalue weighted by molar-refractivity contribution is 5.52. The Balaban J connectivity index is 2.10. The van der Waals surface area contributed by atoms with Gasteiger partial charge in [-0.3, -0.25) is 0 Å². The number of methoxy groups -OCH3 is 2. The van der Waals surface area contributed by atoms with Crippen LogP contribution in [0.1, 0.15) is 16.8 Å². The smallest absolute Gasteiger partial charge is 0.261 e. The van der Waals surface area contributed by atoms with Crippen LogP contribution >= 0.6 is 0 Å². The van der Waals surface area contributed by atoms with E-state index < -0.39 is 6.67 Å². The van der Waals surface area contributed by atoms with Crippen LogP contribution in [0.4, 0.5) is 4.39 Å². The van der Waals surface area contributed by atoms with Crippen LogP contribution in [-0.2, 0) is 12.8 Å². The average molecular weight is 335 g/mol. The summed E-state index contributed by atoms with van der Waals surface area (Å²) in [5.74, 6) is 1.21. The van der Waals surface area contributed by atoms with Crippen LogP contribution < -0.4 is 14.2 Å². The van der Waals surface area contributed by atoms with Crippen LogP contribution in [0.25, 0.3) is 0 Å². The fourth-order valence-corrected chi connectivity index (χ4v) is 2.40. The second-order valence-corrected chi connectivity index (χ2v) is 5.26. The molecule has 0 atom stereocenters. The molecule has 0 radical (unpaired) electrons. The van der Waals surface area contributed by atoms with Crippen molar-refractivity contribution in [1.82, 2.24) is 4.98 Å². The lowest BCUT2D eigenvalue weighted by atomic mass is 10.0. The SMILES string of the molecule is COc1nc(CCc2ccc(OCCF)cc2)c(C)c(O)c1OC. The van der Waals surface area contributed by atoms with E-state index in [0.717, 1.165) is 17.7 Å². The van der Waals surface area contributed by atoms with Crippen LogP contribution in [0.15, 0.2) is 24.3 Å². The molecule has 0 bridgehead atoms. The number of hydrogen-bond acceptors (Lipinski definition) is 5. The predicted octanol–water partition coefficient (Wildman–Crippen LogP) is 3.25. The number of hydrogen-bond donors (Lipinski definition) is 1. The standard InChI is InChI=1S/C18H22FNO4/c1-12-15(20-18(23-3)17(22-2)16(12)21)9-6-13-4-7-14(8-5-13)24-11-10-19/h4-5,7-8H,6,9-11H2,1-3H3,(H,20,21). The Labute approximate surface area is 141 Å². The molecule has 0 aliphatic carbocycles. The number of nitrogens with zero attached hydrogens (tertiary/aromatic N) is 1. The number of ether oxygens (including phenoxy) is 3. The molecule has 0 saturated carbocycles. The van der Waals surface area contributed by atoms with Crippen molar-refractivity contribution in [2.24, 2.45) is 0 Å². The maximum absolute atomic E-state index is 12.1. The summed E-state index contributed by atoms with van der Waals surface area (Å²) in [5, 5.41) is 10.2. The molecule has 1 aromatic carbocycles. The largest absolute Gasteiger partial charge is 0.504 e. The van der Waals surface area contributed by atoms with Gasteiger partial charge in [0.15, 0.2) is 5.75 Å². The minimum Gasteiger partial charge on any atom is -0.504 e. The molecule has 0 aliphatic rings. The molecule has 0 aliphatic heterocycles. The summed E-state index contributed by atoms with van der Waals surface area (Å²) in [6.45, 7) is 1.36. The monoisotopic (exact) mass is 335 g/mol. The number of alkyl halides is 1. The van der Waals surface area contributed by atoms with E-state index in [1.165, 1.54) is 14.2 Å². The van der Waals surface area contributed by atoms with Crippen LogP contribution in [0.2, 0.25) is 0 Å². The first kappa shape index (κ1) is 17.8. The molecule has 1 N–H and O–H groups in total. The molecular weight excluding hydrogens is 313 g/mol. The summed E-state index contributed by atoms with van der Waals surface area (Å²) in [5.41, 5.74) is 2.52. The number of aryl methyl sites for hydroxylation is 2. The van der Waals surface area contributed by atoms with Crippen LogP contribution in [0, 0.1) is 6.92 Å². The van der Waals surface area contributed by atoms with Crippen LogP contribution in [-0.4, -0.2) is 37.6 Å². The molecule has 0 spiro atoms. The molecular formula is C18H22FNO4. The fourth-order valence-electron chi connectivity index (χ4n) is 2.40. The maximum Gasteiger partial charge on any atom is 0.261 e. The molecule has 2 rings (SSSR count). The summed E-state index contributed by atoms with van der Waals surface area (Å²) >= 11 is 0. The number of aromatic hydroxyl groups is 1. The topological polar surface area (TPSA) is 60.8 Å². The van der Waals surface area contributed by atoms with Crippen molar-refractivity contribution in [3.05, 3.63) is 41.1 Å². The Hall–Kier alpha value is -2.50. The highest BCUT2D eigenvalue weighted by atomic mass is 19.1. The van der Waals surface area contributed by atoms with Crippen molar-refractivity contribution in [3.8, 4) is 23.1 Å². The van der Waals surface area contributed by atoms with E-state index in [2.05, 4.69) is 4.98 Å². The van der Waals surface area contributed by atoms with E-state index in [4.69, 9.17) is 14.2 Å². The minimum atomic E-state index is -0.504. The van der Waals surface area contributed by atoms with Gasteiger partial charge in [0.05, 0.1) is 19.9 Å². The Morgan fingerprint density at radius 1 is 1.08 bits per heavy atom. The molecule has 2 aromatic rings. The van der Waals surface area contributed by atoms with E-state index in [1.807, 2.05) is 24.3 Å². The lowest BCUT2D eigenvalue weighted by Crippen LogP contribution is -2.03.